The van der Waals surface area contributed by atoms with E-state index in [1.165, 1.54) is 53.9 Å². The number of hydrogen-bond donors (Lipinski definition) is 10. The van der Waals surface area contributed by atoms with Crippen LogP contribution < -0.4 is 4.74 Å². The first kappa shape index (κ1) is 62.2. The SMILES string of the molecule is CCC(=O)O[C@H](C)[C@H](O)C(=O)[C@@H](OC)[C@@H]1Cc2cc3cc(O[C@H]4C[C@@H](O[C@H]5C[C@@H](O)[C@H](O)[C@@H](C)O5)[C@H](O)[C@@H](C)O4)c(C)c(O)c3c(O)c2C(=O)[C@H]1O[C@H]1C[C@@H](O[C@H]2C[C@@H](O[C@H]3C[C@](C)(O)[C@H](O)[C@@H](C)O3)[C@@H](O)[C@@H](C)O2)[C@H](O)[C@@H](C)O1. The van der Waals surface area contributed by atoms with Gasteiger partial charge in [-0.3, -0.25) is 14.4 Å². The van der Waals surface area contributed by atoms with Gasteiger partial charge in [0, 0.05) is 57.1 Å². The minimum Gasteiger partial charge on any atom is -0.507 e. The van der Waals surface area contributed by atoms with E-state index in [1.807, 2.05) is 0 Å². The number of aliphatic hydroxyl groups excluding tert-OH is 7. The standard InChI is InChI=1S/C55H80O25/c1-11-35(57)70-25(7)48(63)51(66)52(69-10)29-13-27-12-28-14-31(76-37-16-32(45(60)22(4)72-37)77-36-15-30(56)44(59)21(3)71-36)20(2)43(58)41(28)49(64)42(27)50(65)53(29)80-39-18-33(46(61)24(6)74-39)78-38-17-34(47(62)23(5)73-38)79-40-19-55(9,68)54(67)26(8)75-40/h12,14,21-26,29-30,32-34,36-40,44-48,52-54,56,58-64,67-68H,11,13,15-19H2,1-10H3/t21-,22-,23-,24-,25-,26-,29+,30-,32-,33-,34-,36+,37+,38+,39+,40+,44-,45-,46-,47+,48+,52+,53+,54-,55+/m1/s1. The van der Waals surface area contributed by atoms with Gasteiger partial charge < -0.3 is 108 Å². The summed E-state index contributed by atoms with van der Waals surface area (Å²) in [7, 11) is 1.18. The smallest absolute Gasteiger partial charge is 0.305 e. The second kappa shape index (κ2) is 25.2. The Kier molecular flexibility index (Phi) is 19.6. The average Bonchev–Trinajstić information content (AvgIpc) is 3.51. The van der Waals surface area contributed by atoms with E-state index in [9.17, 15) is 60.7 Å². The first-order valence-electron chi connectivity index (χ1n) is 27.5. The molecule has 8 rings (SSSR count). The minimum absolute atomic E-state index is 0.0466. The van der Waals surface area contributed by atoms with Crippen molar-refractivity contribution in [3.8, 4) is 17.2 Å². The molecule has 0 bridgehead atoms. The van der Waals surface area contributed by atoms with Crippen molar-refractivity contribution in [1.82, 2.24) is 0 Å². The fourth-order valence-electron chi connectivity index (χ4n) is 11.7. The van der Waals surface area contributed by atoms with Gasteiger partial charge in [-0.25, -0.2) is 0 Å². The molecule has 5 fully saturated rings. The number of aromatic hydroxyl groups is 2. The Morgan fingerprint density at radius 1 is 0.713 bits per heavy atom. The molecule has 2 aromatic rings. The molecule has 450 valence electrons. The Balaban J connectivity index is 1.06. The van der Waals surface area contributed by atoms with Crippen molar-refractivity contribution < 1.29 is 122 Å². The molecular weight excluding hydrogens is 1060 g/mol. The molecule has 0 spiro atoms. The lowest BCUT2D eigenvalue weighted by Crippen LogP contribution is -2.58. The number of hydrogen-bond acceptors (Lipinski definition) is 25. The summed E-state index contributed by atoms with van der Waals surface area (Å²) in [5, 5.41) is 111. The summed E-state index contributed by atoms with van der Waals surface area (Å²) in [6.07, 6.45) is -27.2. The van der Waals surface area contributed by atoms with E-state index < -0.39 is 182 Å². The summed E-state index contributed by atoms with van der Waals surface area (Å²) < 4.78 is 72.1. The van der Waals surface area contributed by atoms with Crippen LogP contribution in [0.5, 0.6) is 17.2 Å². The minimum atomic E-state index is -1.94. The van der Waals surface area contributed by atoms with Crippen molar-refractivity contribution in [1.29, 1.82) is 0 Å². The summed E-state index contributed by atoms with van der Waals surface area (Å²) >= 11 is 0. The summed E-state index contributed by atoms with van der Waals surface area (Å²) in [5.74, 6) is -4.84. The highest BCUT2D eigenvalue weighted by Gasteiger charge is 2.52. The van der Waals surface area contributed by atoms with Gasteiger partial charge in [0.2, 0.25) is 6.29 Å². The van der Waals surface area contributed by atoms with Crippen LogP contribution in [-0.2, 0) is 68.1 Å². The van der Waals surface area contributed by atoms with E-state index in [4.69, 9.17) is 56.8 Å². The number of ether oxygens (including phenoxy) is 12. The Morgan fingerprint density at radius 3 is 1.75 bits per heavy atom. The largest absolute Gasteiger partial charge is 0.507 e. The molecular formula is C55H80O25. The number of aliphatic hydroxyl groups is 8. The van der Waals surface area contributed by atoms with Crippen LogP contribution in [0, 0.1) is 12.8 Å². The summed E-state index contributed by atoms with van der Waals surface area (Å²) in [5.41, 5.74) is -1.52. The molecule has 80 heavy (non-hydrogen) atoms. The van der Waals surface area contributed by atoms with E-state index in [2.05, 4.69) is 0 Å². The van der Waals surface area contributed by atoms with E-state index in [1.54, 1.807) is 27.7 Å². The van der Waals surface area contributed by atoms with Crippen LogP contribution in [0.2, 0.25) is 0 Å². The topological polar surface area (TPSA) is 364 Å². The fourth-order valence-corrected chi connectivity index (χ4v) is 11.7. The molecule has 25 nitrogen and oxygen atoms in total. The lowest BCUT2D eigenvalue weighted by atomic mass is 9.75. The van der Waals surface area contributed by atoms with E-state index in [0.717, 1.165) is 0 Å². The van der Waals surface area contributed by atoms with Gasteiger partial charge >= 0.3 is 5.97 Å². The van der Waals surface area contributed by atoms with Crippen LogP contribution in [0.1, 0.15) is 115 Å². The number of Topliss-reactive ketones (excluding diaryl/α,β-unsaturated/α-hetero) is 2. The predicted molar refractivity (Wildman–Crippen MR) is 273 cm³/mol. The van der Waals surface area contributed by atoms with Gasteiger partial charge in [0.25, 0.3) is 0 Å². The third-order valence-corrected chi connectivity index (χ3v) is 16.5. The van der Waals surface area contributed by atoms with Crippen LogP contribution in [-0.4, -0.2) is 223 Å². The molecule has 6 aliphatic rings. The highest BCUT2D eigenvalue weighted by molar-refractivity contribution is 6.11. The van der Waals surface area contributed by atoms with Gasteiger partial charge in [-0.05, 0) is 84.9 Å². The lowest BCUT2D eigenvalue weighted by Gasteiger charge is -2.46. The van der Waals surface area contributed by atoms with Crippen molar-refractivity contribution in [2.24, 2.45) is 5.92 Å². The number of carbonyl (C=O) groups is 3. The number of esters is 1. The first-order valence-corrected chi connectivity index (χ1v) is 27.5. The highest BCUT2D eigenvalue weighted by atomic mass is 16.7. The molecule has 0 unspecified atom stereocenters. The number of carbonyl (C=O) groups excluding carboxylic acids is 3. The van der Waals surface area contributed by atoms with Crippen molar-refractivity contribution in [2.45, 2.75) is 254 Å². The van der Waals surface area contributed by atoms with Gasteiger partial charge in [-0.15, -0.1) is 0 Å². The fraction of sp³-hybridized carbons (Fsp3) is 0.764. The zero-order valence-corrected chi connectivity index (χ0v) is 46.6. The number of ketones is 2. The third-order valence-electron chi connectivity index (χ3n) is 16.5. The summed E-state index contributed by atoms with van der Waals surface area (Å²) in [4.78, 5) is 41.8. The molecule has 0 amide bonds. The predicted octanol–water partition coefficient (Wildman–Crippen LogP) is 0.712. The lowest BCUT2D eigenvalue weighted by molar-refractivity contribution is -0.334. The maximum absolute atomic E-state index is 15.2. The molecule has 5 heterocycles. The monoisotopic (exact) mass is 1140 g/mol. The van der Waals surface area contributed by atoms with Crippen molar-refractivity contribution in [3.05, 3.63) is 28.8 Å². The van der Waals surface area contributed by atoms with Crippen LogP contribution in [0.15, 0.2) is 12.1 Å². The van der Waals surface area contributed by atoms with Gasteiger partial charge in [0.05, 0.1) is 71.5 Å². The van der Waals surface area contributed by atoms with Crippen molar-refractivity contribution >= 4 is 28.3 Å². The zero-order chi connectivity index (χ0) is 58.6. The molecule has 2 aromatic carbocycles. The molecule has 5 aliphatic heterocycles. The summed E-state index contributed by atoms with van der Waals surface area (Å²) in [6, 6.07) is 3.02. The number of benzene rings is 2. The Labute approximate surface area is 462 Å². The van der Waals surface area contributed by atoms with Crippen LogP contribution in [0.3, 0.4) is 0 Å². The number of rotatable bonds is 17. The van der Waals surface area contributed by atoms with Crippen molar-refractivity contribution in [2.75, 3.05) is 7.11 Å². The van der Waals surface area contributed by atoms with E-state index in [0.29, 0.717) is 0 Å². The average molecular weight is 1140 g/mol. The van der Waals surface area contributed by atoms with Gasteiger partial charge in [0.15, 0.2) is 42.8 Å². The Hall–Kier alpha value is -3.81. The normalized spacial score (nSPS) is 40.9. The van der Waals surface area contributed by atoms with Crippen LogP contribution >= 0.6 is 0 Å². The maximum atomic E-state index is 15.2. The second-order valence-corrected chi connectivity index (χ2v) is 22.5. The Morgan fingerprint density at radius 2 is 1.21 bits per heavy atom. The molecule has 10 N–H and O–H groups in total. The number of phenolic OH excluding ortho intramolecular Hbond substituents is 2. The number of methoxy groups -OCH3 is 1. The van der Waals surface area contributed by atoms with Crippen LogP contribution in [0.4, 0.5) is 0 Å². The Bertz CT molecular complexity index is 2500. The van der Waals surface area contributed by atoms with E-state index >= 15 is 4.79 Å². The molecule has 5 saturated heterocycles. The maximum Gasteiger partial charge on any atom is 0.305 e. The zero-order valence-electron chi connectivity index (χ0n) is 46.6. The molecule has 0 saturated carbocycles. The molecule has 1 aliphatic carbocycles. The number of phenols is 2. The van der Waals surface area contributed by atoms with Gasteiger partial charge in [0.1, 0.15) is 66.1 Å². The molecule has 0 radical (unpaired) electrons. The summed E-state index contributed by atoms with van der Waals surface area (Å²) in [6.45, 7) is 13.7. The molecule has 25 heteroatoms. The van der Waals surface area contributed by atoms with Gasteiger partial charge in [-0.1, -0.05) is 6.92 Å². The third kappa shape index (κ3) is 12.9. The molecule has 0 aromatic heterocycles. The highest BCUT2D eigenvalue weighted by Crippen LogP contribution is 2.48. The van der Waals surface area contributed by atoms with E-state index in [-0.39, 0.29) is 78.2 Å². The molecule has 25 atom stereocenters. The second-order valence-electron chi connectivity index (χ2n) is 22.5. The van der Waals surface area contributed by atoms with Crippen LogP contribution in [0.25, 0.3) is 10.8 Å². The van der Waals surface area contributed by atoms with Crippen molar-refractivity contribution in [3.63, 3.8) is 0 Å². The van der Waals surface area contributed by atoms with Gasteiger partial charge in [-0.2, -0.15) is 0 Å². The quantitative estimate of drug-likeness (QED) is 0.0975. The first-order chi connectivity index (χ1) is 37.6. The number of fused-ring (bicyclic) bond motifs is 2.